The molecule has 0 aliphatic rings. The monoisotopic (exact) mass is 270 g/mol. The predicted octanol–water partition coefficient (Wildman–Crippen LogP) is 0.921. The van der Waals surface area contributed by atoms with Crippen LogP contribution in [0.5, 0.6) is 0 Å². The van der Waals surface area contributed by atoms with E-state index in [2.05, 4.69) is 0 Å². The fourth-order valence-electron chi connectivity index (χ4n) is 1.10. The molecule has 0 unspecified atom stereocenters. The average Bonchev–Trinajstić information content (AvgIpc) is 3.12. The van der Waals surface area contributed by atoms with Gasteiger partial charge in [-0.3, -0.25) is 0 Å². The van der Waals surface area contributed by atoms with Gasteiger partial charge in [0.2, 0.25) is 0 Å². The molecule has 0 radical (unpaired) electrons. The summed E-state index contributed by atoms with van der Waals surface area (Å²) in [6, 6.07) is 7.43. The van der Waals surface area contributed by atoms with Gasteiger partial charge >= 0.3 is 0 Å². The van der Waals surface area contributed by atoms with Crippen molar-refractivity contribution in [3.63, 3.8) is 0 Å². The molecule has 6 heteroatoms. The van der Waals surface area contributed by atoms with E-state index in [0.717, 1.165) is 11.5 Å². The van der Waals surface area contributed by atoms with Crippen molar-refractivity contribution in [2.45, 2.75) is 19.3 Å². The molecule has 0 amide bonds. The molecule has 2 aromatic rings. The van der Waals surface area contributed by atoms with Crippen LogP contribution in [-0.2, 0) is 18.0 Å². The van der Waals surface area contributed by atoms with Gasteiger partial charge in [-0.05, 0) is 24.3 Å². The summed E-state index contributed by atoms with van der Waals surface area (Å²) in [5, 5.41) is 24.0. The third-order valence-corrected chi connectivity index (χ3v) is 2.07. The molecule has 0 fully saturated rings. The van der Waals surface area contributed by atoms with Gasteiger partial charge in [-0.1, -0.05) is 0 Å². The minimum Gasteiger partial charge on any atom is -0.467 e. The molecule has 0 spiro atoms. The third kappa shape index (κ3) is 6.78. The molecular formula is C13H18O6. The van der Waals surface area contributed by atoms with Crippen LogP contribution in [0.3, 0.4) is 0 Å². The minimum atomic E-state index is -0.954. The first-order chi connectivity index (χ1) is 9.26. The summed E-state index contributed by atoms with van der Waals surface area (Å²) in [7, 11) is 0. The number of aliphatic hydroxyl groups is 3. The van der Waals surface area contributed by atoms with Gasteiger partial charge in [-0.25, -0.2) is 0 Å². The molecule has 19 heavy (non-hydrogen) atoms. The summed E-state index contributed by atoms with van der Waals surface area (Å²) in [5.74, 6) is 1.65. The second-order valence-corrected chi connectivity index (χ2v) is 3.67. The molecule has 0 atom stereocenters. The van der Waals surface area contributed by atoms with Crippen LogP contribution in [0.2, 0.25) is 0 Å². The number of hydrogen-bond acceptors (Lipinski definition) is 6. The van der Waals surface area contributed by atoms with Crippen molar-refractivity contribution < 1.29 is 28.9 Å². The Labute approximate surface area is 110 Å². The smallest absolute Gasteiger partial charge is 0.129 e. The van der Waals surface area contributed by atoms with Crippen molar-refractivity contribution in [3.8, 4) is 0 Å². The van der Waals surface area contributed by atoms with Gasteiger partial charge in [-0.2, -0.15) is 0 Å². The van der Waals surface area contributed by atoms with Crippen LogP contribution in [-0.4, -0.2) is 34.6 Å². The normalized spacial score (nSPS) is 10.3. The first-order valence-electron chi connectivity index (χ1n) is 5.78. The lowest BCUT2D eigenvalue weighted by atomic mass is 10.4. The first-order valence-corrected chi connectivity index (χ1v) is 5.78. The Morgan fingerprint density at radius 3 is 1.68 bits per heavy atom. The van der Waals surface area contributed by atoms with Gasteiger partial charge in [0.25, 0.3) is 0 Å². The molecule has 0 aromatic carbocycles. The zero-order chi connectivity index (χ0) is 13.9. The van der Waals surface area contributed by atoms with E-state index in [9.17, 15) is 0 Å². The zero-order valence-electron chi connectivity index (χ0n) is 10.4. The summed E-state index contributed by atoms with van der Waals surface area (Å²) in [6.45, 7) is 0.231. The van der Waals surface area contributed by atoms with Gasteiger partial charge in [0.05, 0.1) is 25.7 Å². The number of hydrogen-bond donors (Lipinski definition) is 3. The molecule has 2 aromatic heterocycles. The largest absolute Gasteiger partial charge is 0.467 e. The maximum Gasteiger partial charge on any atom is 0.129 e. The maximum atomic E-state index is 8.17. The van der Waals surface area contributed by atoms with E-state index in [4.69, 9.17) is 28.9 Å². The lowest BCUT2D eigenvalue weighted by molar-refractivity contribution is 0.0450. The van der Waals surface area contributed by atoms with E-state index in [0.29, 0.717) is 13.2 Å². The molecule has 106 valence electrons. The molecule has 0 saturated heterocycles. The van der Waals surface area contributed by atoms with Crippen LogP contribution >= 0.6 is 0 Å². The molecule has 2 rings (SSSR count). The first kappa shape index (κ1) is 15.5. The van der Waals surface area contributed by atoms with E-state index >= 15 is 0 Å². The molecule has 2 heterocycles. The minimum absolute atomic E-state index is 0.365. The average molecular weight is 270 g/mol. The van der Waals surface area contributed by atoms with Gasteiger partial charge in [-0.15, -0.1) is 0 Å². The summed E-state index contributed by atoms with van der Waals surface area (Å²) < 4.78 is 15.5. The van der Waals surface area contributed by atoms with Crippen molar-refractivity contribution >= 4 is 0 Å². The van der Waals surface area contributed by atoms with Crippen molar-refractivity contribution in [2.75, 3.05) is 13.2 Å². The summed E-state index contributed by atoms with van der Waals surface area (Å²) in [6.07, 6.45) is 2.31. The summed E-state index contributed by atoms with van der Waals surface area (Å²) in [5.41, 5.74) is 0. The second-order valence-electron chi connectivity index (χ2n) is 3.67. The Bertz CT molecular complexity index is 356. The highest BCUT2D eigenvalue weighted by molar-refractivity contribution is 4.98. The molecule has 6 nitrogen and oxygen atoms in total. The lowest BCUT2D eigenvalue weighted by Crippen LogP contribution is -2.15. The highest BCUT2D eigenvalue weighted by atomic mass is 16.5. The third-order valence-electron chi connectivity index (χ3n) is 2.07. The lowest BCUT2D eigenvalue weighted by Gasteiger charge is -1.98. The predicted molar refractivity (Wildman–Crippen MR) is 66.1 cm³/mol. The van der Waals surface area contributed by atoms with Crippen LogP contribution in [0.25, 0.3) is 0 Å². The summed E-state index contributed by atoms with van der Waals surface area (Å²) in [4.78, 5) is 0. The zero-order valence-corrected chi connectivity index (χ0v) is 10.4. The molecule has 3 N–H and O–H groups in total. The van der Waals surface area contributed by atoms with Crippen molar-refractivity contribution in [3.05, 3.63) is 48.3 Å². The van der Waals surface area contributed by atoms with Crippen LogP contribution in [0.1, 0.15) is 11.5 Å². The van der Waals surface area contributed by atoms with Crippen LogP contribution in [0.4, 0.5) is 0 Å². The highest BCUT2D eigenvalue weighted by Gasteiger charge is 1.98. The number of aliphatic hydroxyl groups excluding tert-OH is 3. The Kier molecular flexibility index (Phi) is 7.60. The van der Waals surface area contributed by atoms with Crippen molar-refractivity contribution in [1.29, 1.82) is 0 Å². The fraction of sp³-hybridized carbons (Fsp3) is 0.385. The Balaban J connectivity index is 0.000000258. The second kappa shape index (κ2) is 9.35. The van der Waals surface area contributed by atoms with Gasteiger partial charge in [0, 0.05) is 0 Å². The number of ether oxygens (including phenoxy) is 1. The number of rotatable bonds is 6. The van der Waals surface area contributed by atoms with Crippen LogP contribution in [0.15, 0.2) is 45.6 Å². The van der Waals surface area contributed by atoms with E-state index in [1.54, 1.807) is 12.5 Å². The topological polar surface area (TPSA) is 96.2 Å². The number of furan rings is 2. The quantitative estimate of drug-likeness (QED) is 0.722. The van der Waals surface area contributed by atoms with Crippen molar-refractivity contribution in [1.82, 2.24) is 0 Å². The standard InChI is InChI=1S/C10H10O3.C3H8O3/c1-3-9(12-5-1)7-11-8-10-4-2-6-13-10;4-1-3(6)2-5/h1-6H,7-8H2;3-6H,1-2H2. The Morgan fingerprint density at radius 1 is 0.947 bits per heavy atom. The Morgan fingerprint density at radius 2 is 1.42 bits per heavy atom. The van der Waals surface area contributed by atoms with Gasteiger partial charge in [0.15, 0.2) is 0 Å². The highest BCUT2D eigenvalue weighted by Crippen LogP contribution is 2.06. The summed E-state index contributed by atoms with van der Waals surface area (Å²) >= 11 is 0. The molecule has 0 saturated carbocycles. The Hall–Kier alpha value is -1.60. The van der Waals surface area contributed by atoms with Gasteiger partial charge < -0.3 is 28.9 Å². The molecular weight excluding hydrogens is 252 g/mol. The SMILES string of the molecule is OCC(O)CO.c1coc(COCc2ccco2)c1. The van der Waals surface area contributed by atoms with E-state index in [1.165, 1.54) is 0 Å². The van der Waals surface area contributed by atoms with Gasteiger partial charge in [0.1, 0.15) is 30.8 Å². The molecule has 0 bridgehead atoms. The van der Waals surface area contributed by atoms with Crippen LogP contribution < -0.4 is 0 Å². The van der Waals surface area contributed by atoms with Crippen LogP contribution in [0, 0.1) is 0 Å². The maximum absolute atomic E-state index is 8.17. The van der Waals surface area contributed by atoms with E-state index in [-0.39, 0.29) is 13.2 Å². The fourth-order valence-corrected chi connectivity index (χ4v) is 1.10. The van der Waals surface area contributed by atoms with Crippen molar-refractivity contribution in [2.24, 2.45) is 0 Å². The van der Waals surface area contributed by atoms with E-state index < -0.39 is 6.10 Å². The molecule has 0 aliphatic heterocycles. The van der Waals surface area contributed by atoms with E-state index in [1.807, 2.05) is 24.3 Å². The molecule has 0 aliphatic carbocycles.